The summed E-state index contributed by atoms with van der Waals surface area (Å²) in [6.07, 6.45) is 9.11. The van der Waals surface area contributed by atoms with Crippen molar-refractivity contribution in [3.8, 4) is 0 Å². The van der Waals surface area contributed by atoms with E-state index in [1.54, 1.807) is 0 Å². The van der Waals surface area contributed by atoms with Crippen LogP contribution >= 0.6 is 11.8 Å². The van der Waals surface area contributed by atoms with Crippen LogP contribution in [0.2, 0.25) is 0 Å². The van der Waals surface area contributed by atoms with Gasteiger partial charge in [0, 0.05) is 35.1 Å². The minimum atomic E-state index is -0.698. The molecule has 1 unspecified atom stereocenters. The first-order chi connectivity index (χ1) is 14.6. The largest absolute Gasteiger partial charge is 0.351 e. The Hall–Kier alpha value is -2.22. The zero-order valence-electron chi connectivity index (χ0n) is 17.2. The zero-order valence-corrected chi connectivity index (χ0v) is 18.1. The minimum absolute atomic E-state index is 0.0740. The van der Waals surface area contributed by atoms with E-state index in [1.807, 2.05) is 23.3 Å². The minimum Gasteiger partial charge on any atom is -0.351 e. The summed E-state index contributed by atoms with van der Waals surface area (Å²) in [7, 11) is 0. The molecule has 1 amide bonds. The van der Waals surface area contributed by atoms with Crippen LogP contribution in [0.25, 0.3) is 0 Å². The van der Waals surface area contributed by atoms with Crippen molar-refractivity contribution >= 4 is 29.2 Å². The SMILES string of the molecule is C=C(S/C=C\C)C1=NCC(C(/C=C\CF)=N/F)=C2CC(NC(=O)C3CCCC3)CN12. The van der Waals surface area contributed by atoms with E-state index >= 15 is 0 Å². The number of hydrogen-bond acceptors (Lipinski definition) is 5. The summed E-state index contributed by atoms with van der Waals surface area (Å²) >= 11 is 1.47. The standard InChI is InChI=1S/C22H28F2N4OS/c1-3-11-30-15(2)21-25-13-18(19(27-24)9-6-10-23)20-12-17(14-28(20)21)26-22(29)16-7-4-5-8-16/h3,6,9,11,16-17H,2,4-5,7-8,10,12-14H2,1H3,(H,26,29)/b9-6-,11-3-,27-19+. The number of amides is 1. The predicted molar refractivity (Wildman–Crippen MR) is 120 cm³/mol. The molecular weight excluding hydrogens is 406 g/mol. The molecule has 30 heavy (non-hydrogen) atoms. The summed E-state index contributed by atoms with van der Waals surface area (Å²) in [5.74, 6) is 0.902. The number of carbonyl (C=O) groups is 1. The van der Waals surface area contributed by atoms with Crippen molar-refractivity contribution in [2.24, 2.45) is 16.1 Å². The second-order valence-electron chi connectivity index (χ2n) is 7.60. The summed E-state index contributed by atoms with van der Waals surface area (Å²) in [5, 5.41) is 7.96. The van der Waals surface area contributed by atoms with Gasteiger partial charge in [0.2, 0.25) is 5.91 Å². The summed E-state index contributed by atoms with van der Waals surface area (Å²) in [6, 6.07) is -0.100. The Labute approximate surface area is 180 Å². The Morgan fingerprint density at radius 1 is 1.43 bits per heavy atom. The number of fused-ring (bicyclic) bond motifs is 1. The molecule has 0 aromatic rings. The molecule has 0 radical (unpaired) electrons. The average molecular weight is 435 g/mol. The number of amidine groups is 1. The maximum Gasteiger partial charge on any atom is 0.223 e. The molecule has 3 rings (SSSR count). The number of alkyl halides is 1. The lowest BCUT2D eigenvalue weighted by molar-refractivity contribution is -0.125. The van der Waals surface area contributed by atoms with Crippen molar-refractivity contribution in [1.29, 1.82) is 0 Å². The smallest absolute Gasteiger partial charge is 0.223 e. The fourth-order valence-corrected chi connectivity index (χ4v) is 4.76. The average Bonchev–Trinajstić information content (AvgIpc) is 3.42. The molecule has 0 bridgehead atoms. The van der Waals surface area contributed by atoms with Crippen LogP contribution < -0.4 is 5.32 Å². The van der Waals surface area contributed by atoms with E-state index in [0.29, 0.717) is 18.5 Å². The number of hydrogen-bond donors (Lipinski definition) is 1. The van der Waals surface area contributed by atoms with Gasteiger partial charge in [0.15, 0.2) is 0 Å². The summed E-state index contributed by atoms with van der Waals surface area (Å²) in [4.78, 5) is 20.0. The highest BCUT2D eigenvalue weighted by molar-refractivity contribution is 8.06. The Kier molecular flexibility index (Phi) is 8.01. The highest BCUT2D eigenvalue weighted by Gasteiger charge is 2.37. The Morgan fingerprint density at radius 3 is 2.87 bits per heavy atom. The number of halogens is 2. The number of thioether (sulfide) groups is 1. The van der Waals surface area contributed by atoms with E-state index in [2.05, 4.69) is 22.1 Å². The third kappa shape index (κ3) is 5.09. The Bertz CT molecular complexity index is 825. The molecule has 2 heterocycles. The molecule has 5 nitrogen and oxygen atoms in total. The number of nitrogens with zero attached hydrogens (tertiary/aromatic N) is 3. The molecule has 2 aliphatic heterocycles. The molecule has 0 aromatic heterocycles. The van der Waals surface area contributed by atoms with Crippen molar-refractivity contribution in [3.63, 3.8) is 0 Å². The van der Waals surface area contributed by atoms with Crippen LogP contribution in [0.4, 0.5) is 8.87 Å². The monoisotopic (exact) mass is 434 g/mol. The number of carbonyl (C=O) groups excluding carboxylic acids is 1. The lowest BCUT2D eigenvalue weighted by Crippen LogP contribution is -2.41. The van der Waals surface area contributed by atoms with Crippen LogP contribution in [0.1, 0.15) is 39.0 Å². The van der Waals surface area contributed by atoms with Gasteiger partial charge < -0.3 is 10.2 Å². The van der Waals surface area contributed by atoms with Crippen LogP contribution in [0, 0.1) is 5.92 Å². The summed E-state index contributed by atoms with van der Waals surface area (Å²) < 4.78 is 25.9. The topological polar surface area (TPSA) is 57.1 Å². The Morgan fingerprint density at radius 2 is 2.20 bits per heavy atom. The Balaban J connectivity index is 1.84. The lowest BCUT2D eigenvalue weighted by Gasteiger charge is -2.29. The van der Waals surface area contributed by atoms with Gasteiger partial charge in [-0.2, -0.15) is 0 Å². The quantitative estimate of drug-likeness (QED) is 0.565. The molecular formula is C22H28F2N4OS. The zero-order chi connectivity index (χ0) is 21.5. The third-order valence-electron chi connectivity index (χ3n) is 5.59. The molecule has 2 fully saturated rings. The van der Waals surface area contributed by atoms with Crippen LogP contribution in [0.3, 0.4) is 0 Å². The maximum absolute atomic E-state index is 13.4. The molecule has 8 heteroatoms. The first kappa shape index (κ1) is 22.5. The van der Waals surface area contributed by atoms with E-state index in [-0.39, 0.29) is 30.1 Å². The number of rotatable bonds is 8. The van der Waals surface area contributed by atoms with Gasteiger partial charge in [0.1, 0.15) is 18.2 Å². The molecule has 1 saturated heterocycles. The van der Waals surface area contributed by atoms with Gasteiger partial charge in [-0.25, -0.2) is 4.39 Å². The van der Waals surface area contributed by atoms with Gasteiger partial charge in [-0.15, -0.1) is 0 Å². The summed E-state index contributed by atoms with van der Waals surface area (Å²) in [6.45, 7) is 6.13. The van der Waals surface area contributed by atoms with E-state index in [9.17, 15) is 13.7 Å². The van der Waals surface area contributed by atoms with Gasteiger partial charge >= 0.3 is 0 Å². The molecule has 1 N–H and O–H groups in total. The van der Waals surface area contributed by atoms with Crippen LogP contribution in [-0.2, 0) is 4.79 Å². The molecule has 162 valence electrons. The highest BCUT2D eigenvalue weighted by Crippen LogP contribution is 2.34. The molecule has 1 aliphatic carbocycles. The third-order valence-corrected chi connectivity index (χ3v) is 6.47. The van der Waals surface area contributed by atoms with Gasteiger partial charge in [0.05, 0.1) is 12.6 Å². The molecule has 0 aromatic carbocycles. The van der Waals surface area contributed by atoms with Crippen molar-refractivity contribution in [2.45, 2.75) is 45.1 Å². The van der Waals surface area contributed by atoms with E-state index in [1.165, 1.54) is 23.9 Å². The van der Waals surface area contributed by atoms with Gasteiger partial charge in [0.25, 0.3) is 0 Å². The second kappa shape index (κ2) is 10.7. The van der Waals surface area contributed by atoms with Crippen LogP contribution in [-0.4, -0.2) is 48.2 Å². The predicted octanol–water partition coefficient (Wildman–Crippen LogP) is 4.67. The van der Waals surface area contributed by atoms with Gasteiger partial charge in [-0.1, -0.05) is 53.0 Å². The fraction of sp³-hybridized carbons (Fsp3) is 0.500. The highest BCUT2D eigenvalue weighted by atomic mass is 32.2. The van der Waals surface area contributed by atoms with Crippen molar-refractivity contribution < 1.29 is 13.7 Å². The first-order valence-electron chi connectivity index (χ1n) is 10.3. The first-order valence-corrected chi connectivity index (χ1v) is 11.2. The number of allylic oxidation sites excluding steroid dienone is 3. The molecule has 0 spiro atoms. The molecule has 1 saturated carbocycles. The normalized spacial score (nSPS) is 22.9. The molecule has 1 atom stereocenters. The second-order valence-corrected chi connectivity index (χ2v) is 8.60. The summed E-state index contributed by atoms with van der Waals surface area (Å²) in [5.41, 5.74) is 1.55. The van der Waals surface area contributed by atoms with Crippen LogP contribution in [0.15, 0.2) is 56.6 Å². The lowest BCUT2D eigenvalue weighted by atomic mass is 10.0. The maximum atomic E-state index is 13.4. The van der Waals surface area contributed by atoms with E-state index in [0.717, 1.165) is 42.1 Å². The van der Waals surface area contributed by atoms with E-state index < -0.39 is 6.67 Å². The van der Waals surface area contributed by atoms with Crippen LogP contribution in [0.5, 0.6) is 0 Å². The number of nitrogens with one attached hydrogen (secondary N) is 1. The van der Waals surface area contributed by atoms with Crippen molar-refractivity contribution in [1.82, 2.24) is 10.2 Å². The fourth-order valence-electron chi connectivity index (χ4n) is 4.18. The molecule has 3 aliphatic rings. The number of aliphatic imine (C=N–C) groups is 1. The van der Waals surface area contributed by atoms with Gasteiger partial charge in [-0.3, -0.25) is 9.79 Å². The van der Waals surface area contributed by atoms with Gasteiger partial charge in [-0.05, 0) is 31.2 Å². The van der Waals surface area contributed by atoms with Crippen molar-refractivity contribution in [2.75, 3.05) is 19.8 Å². The van der Waals surface area contributed by atoms with Crippen molar-refractivity contribution in [3.05, 3.63) is 46.4 Å². The van der Waals surface area contributed by atoms with E-state index in [4.69, 9.17) is 0 Å².